The van der Waals surface area contributed by atoms with Crippen molar-refractivity contribution in [2.24, 2.45) is 4.99 Å². The Morgan fingerprint density at radius 3 is 2.72 bits per heavy atom. The third kappa shape index (κ3) is 3.61. The van der Waals surface area contributed by atoms with Crippen LogP contribution in [0.25, 0.3) is 10.2 Å². The van der Waals surface area contributed by atoms with Crippen molar-refractivity contribution in [3.05, 3.63) is 45.6 Å². The van der Waals surface area contributed by atoms with E-state index >= 15 is 0 Å². The van der Waals surface area contributed by atoms with Gasteiger partial charge in [-0.1, -0.05) is 17.4 Å². The molecule has 1 amide bonds. The number of sulfonamides is 1. The quantitative estimate of drug-likeness (QED) is 0.610. The van der Waals surface area contributed by atoms with Crippen molar-refractivity contribution < 1.29 is 13.2 Å². The van der Waals surface area contributed by atoms with Gasteiger partial charge in [-0.05, 0) is 68.3 Å². The molecule has 1 saturated heterocycles. The van der Waals surface area contributed by atoms with Crippen molar-refractivity contribution in [2.75, 3.05) is 6.54 Å². The molecular weight excluding hydrogens is 426 g/mol. The summed E-state index contributed by atoms with van der Waals surface area (Å²) in [5, 5.41) is 1.73. The van der Waals surface area contributed by atoms with Crippen molar-refractivity contribution in [3.63, 3.8) is 0 Å². The van der Waals surface area contributed by atoms with Crippen LogP contribution in [0.2, 0.25) is 0 Å². The lowest BCUT2D eigenvalue weighted by atomic mass is 10.1. The molecule has 9 heteroatoms. The second-order valence-electron chi connectivity index (χ2n) is 7.19. The first-order chi connectivity index (χ1) is 13.8. The number of amides is 1. The van der Waals surface area contributed by atoms with Crippen LogP contribution < -0.4 is 4.80 Å². The fourth-order valence-corrected chi connectivity index (χ4v) is 7.63. The predicted octanol–water partition coefficient (Wildman–Crippen LogP) is 3.68. The molecule has 2 aromatic heterocycles. The van der Waals surface area contributed by atoms with E-state index in [9.17, 15) is 13.2 Å². The lowest BCUT2D eigenvalue weighted by Crippen LogP contribution is -2.40. The van der Waals surface area contributed by atoms with Crippen LogP contribution in [0, 0.1) is 13.8 Å². The molecule has 6 nitrogen and oxygen atoms in total. The molecule has 29 heavy (non-hydrogen) atoms. The molecule has 0 spiro atoms. The molecule has 1 atom stereocenters. The van der Waals surface area contributed by atoms with Gasteiger partial charge in [0, 0.05) is 13.1 Å². The Hall–Kier alpha value is -1.81. The number of rotatable bonds is 4. The fourth-order valence-electron chi connectivity index (χ4n) is 3.68. The van der Waals surface area contributed by atoms with Crippen LogP contribution in [0.15, 0.2) is 38.8 Å². The van der Waals surface area contributed by atoms with Crippen LogP contribution in [0.3, 0.4) is 0 Å². The van der Waals surface area contributed by atoms with E-state index in [0.29, 0.717) is 30.7 Å². The minimum atomic E-state index is -3.67. The van der Waals surface area contributed by atoms with E-state index in [1.807, 2.05) is 11.5 Å². The van der Waals surface area contributed by atoms with Crippen LogP contribution in [0.5, 0.6) is 0 Å². The van der Waals surface area contributed by atoms with Crippen molar-refractivity contribution in [1.82, 2.24) is 8.87 Å². The second kappa shape index (κ2) is 7.79. The molecule has 0 N–H and O–H groups in total. The molecule has 1 aromatic carbocycles. The Labute approximate surface area is 178 Å². The maximum Gasteiger partial charge on any atom is 0.266 e. The smallest absolute Gasteiger partial charge is 0.266 e. The molecule has 1 unspecified atom stereocenters. The zero-order chi connectivity index (χ0) is 20.8. The molecule has 154 valence electrons. The monoisotopic (exact) mass is 449 g/mol. The Morgan fingerprint density at radius 1 is 1.28 bits per heavy atom. The van der Waals surface area contributed by atoms with Crippen molar-refractivity contribution >= 4 is 48.8 Å². The van der Waals surface area contributed by atoms with E-state index in [2.05, 4.69) is 31.0 Å². The maximum atomic E-state index is 13.0. The van der Waals surface area contributed by atoms with Crippen molar-refractivity contribution in [3.8, 4) is 0 Å². The average Bonchev–Trinajstić information content (AvgIpc) is 3.42. The van der Waals surface area contributed by atoms with Gasteiger partial charge in [-0.2, -0.15) is 9.30 Å². The van der Waals surface area contributed by atoms with Gasteiger partial charge in [0.15, 0.2) is 4.80 Å². The van der Waals surface area contributed by atoms with Crippen LogP contribution >= 0.6 is 22.7 Å². The molecule has 0 saturated carbocycles. The number of fused-ring (bicyclic) bond motifs is 1. The molecule has 3 heterocycles. The number of nitrogens with zero attached hydrogens (tertiary/aromatic N) is 3. The summed E-state index contributed by atoms with van der Waals surface area (Å²) in [6.45, 7) is 7.20. The summed E-state index contributed by atoms with van der Waals surface area (Å²) >= 11 is 2.65. The first kappa shape index (κ1) is 20.5. The number of carbonyl (C=O) groups is 1. The zero-order valence-corrected chi connectivity index (χ0v) is 19.0. The highest BCUT2D eigenvalue weighted by Crippen LogP contribution is 2.29. The van der Waals surface area contributed by atoms with Gasteiger partial charge in [0.25, 0.3) is 15.9 Å². The summed E-state index contributed by atoms with van der Waals surface area (Å²) in [5.41, 5.74) is 3.45. The number of carbonyl (C=O) groups excluding carboxylic acids is 1. The van der Waals surface area contributed by atoms with Gasteiger partial charge in [-0.3, -0.25) is 4.79 Å². The molecule has 1 aliphatic heterocycles. The van der Waals surface area contributed by atoms with Crippen LogP contribution in [-0.4, -0.2) is 35.8 Å². The fraction of sp³-hybridized carbons (Fsp3) is 0.400. The summed E-state index contributed by atoms with van der Waals surface area (Å²) in [6.07, 6.45) is 1.16. The summed E-state index contributed by atoms with van der Waals surface area (Å²) < 4.78 is 30.6. The highest BCUT2D eigenvalue weighted by molar-refractivity contribution is 7.91. The molecule has 0 aliphatic carbocycles. The summed E-state index contributed by atoms with van der Waals surface area (Å²) in [7, 11) is -3.67. The molecule has 0 bridgehead atoms. The van der Waals surface area contributed by atoms with Gasteiger partial charge in [-0.25, -0.2) is 8.42 Å². The number of hydrogen-bond donors (Lipinski definition) is 0. The molecule has 4 rings (SSSR count). The number of benzene rings is 1. The average molecular weight is 450 g/mol. The third-order valence-corrected chi connectivity index (χ3v) is 9.69. The van der Waals surface area contributed by atoms with E-state index in [4.69, 9.17) is 0 Å². The number of aryl methyl sites for hydroxylation is 3. The van der Waals surface area contributed by atoms with E-state index < -0.39 is 16.1 Å². The van der Waals surface area contributed by atoms with E-state index in [0.717, 1.165) is 10.2 Å². The van der Waals surface area contributed by atoms with Gasteiger partial charge >= 0.3 is 0 Å². The maximum absolute atomic E-state index is 13.0. The second-order valence-corrected chi connectivity index (χ2v) is 11.3. The Morgan fingerprint density at radius 2 is 2.03 bits per heavy atom. The Kier molecular flexibility index (Phi) is 5.50. The highest BCUT2D eigenvalue weighted by atomic mass is 32.2. The molecule has 3 aromatic rings. The van der Waals surface area contributed by atoms with Gasteiger partial charge in [0.2, 0.25) is 0 Å². The summed E-state index contributed by atoms with van der Waals surface area (Å²) in [6, 6.07) is 6.80. The largest absolute Gasteiger partial charge is 0.317 e. The molecule has 0 radical (unpaired) electrons. The first-order valence-electron chi connectivity index (χ1n) is 9.57. The minimum Gasteiger partial charge on any atom is -0.317 e. The van der Waals surface area contributed by atoms with Gasteiger partial charge in [0.05, 0.1) is 10.2 Å². The zero-order valence-electron chi connectivity index (χ0n) is 16.6. The van der Waals surface area contributed by atoms with Crippen LogP contribution in [-0.2, 0) is 21.4 Å². The third-order valence-electron chi connectivity index (χ3n) is 5.37. The summed E-state index contributed by atoms with van der Waals surface area (Å²) in [4.78, 5) is 18.1. The van der Waals surface area contributed by atoms with Crippen molar-refractivity contribution in [1.29, 1.82) is 0 Å². The summed E-state index contributed by atoms with van der Waals surface area (Å²) in [5.74, 6) is -0.384. The van der Waals surface area contributed by atoms with Crippen LogP contribution in [0.1, 0.15) is 30.9 Å². The lowest BCUT2D eigenvalue weighted by molar-refractivity contribution is -0.121. The number of hydrogen-bond acceptors (Lipinski definition) is 5. The van der Waals surface area contributed by atoms with Gasteiger partial charge in [-0.15, -0.1) is 11.3 Å². The number of aromatic nitrogens is 1. The normalized spacial score (nSPS) is 18.7. The van der Waals surface area contributed by atoms with Crippen LogP contribution in [0.4, 0.5) is 0 Å². The highest BCUT2D eigenvalue weighted by Gasteiger charge is 2.39. The van der Waals surface area contributed by atoms with Crippen molar-refractivity contribution in [2.45, 2.75) is 50.4 Å². The minimum absolute atomic E-state index is 0.272. The molecular formula is C20H23N3O3S3. The van der Waals surface area contributed by atoms with E-state index in [1.165, 1.54) is 38.1 Å². The van der Waals surface area contributed by atoms with Gasteiger partial charge < -0.3 is 4.57 Å². The first-order valence-corrected chi connectivity index (χ1v) is 12.7. The SMILES string of the molecule is CCn1c(=NC(=O)C2CCCN2S(=O)(=O)c2cccs2)sc2cc(C)c(C)cc21. The topological polar surface area (TPSA) is 71.7 Å². The molecule has 1 fully saturated rings. The standard InChI is InChI=1S/C20H23N3O3S3/c1-4-22-16-11-13(2)14(3)12-17(16)28-20(22)21-19(24)15-7-5-9-23(15)29(25,26)18-8-6-10-27-18/h6,8,10-12,15H,4-5,7,9H2,1-3H3. The molecule has 1 aliphatic rings. The van der Waals surface area contributed by atoms with E-state index in [1.54, 1.807) is 17.5 Å². The lowest BCUT2D eigenvalue weighted by Gasteiger charge is -2.20. The van der Waals surface area contributed by atoms with Gasteiger partial charge in [0.1, 0.15) is 10.3 Å². The number of thiazole rings is 1. The predicted molar refractivity (Wildman–Crippen MR) is 117 cm³/mol. The number of thiophene rings is 1. The van der Waals surface area contributed by atoms with E-state index in [-0.39, 0.29) is 10.1 Å². The Bertz CT molecular complexity index is 1240. The Balaban J connectivity index is 1.74.